The van der Waals surface area contributed by atoms with Crippen LogP contribution in [0.1, 0.15) is 56.6 Å². The zero-order chi connectivity index (χ0) is 14.5. The number of hydrogen-bond acceptors (Lipinski definition) is 2. The minimum Gasteiger partial charge on any atom is -0.494 e. The van der Waals surface area contributed by atoms with Crippen molar-refractivity contribution in [3.63, 3.8) is 0 Å². The molecule has 2 aliphatic carbocycles. The molecule has 3 rings (SSSR count). The van der Waals surface area contributed by atoms with Crippen LogP contribution in [0.15, 0.2) is 18.2 Å². The Morgan fingerprint density at radius 3 is 2.81 bits per heavy atom. The highest BCUT2D eigenvalue weighted by Gasteiger charge is 2.26. The fraction of sp³-hybridized carbons (Fsp3) is 0.684. The van der Waals surface area contributed by atoms with Gasteiger partial charge in [0.1, 0.15) is 5.75 Å². The molecular weight excluding hydrogens is 258 g/mol. The number of aryl methyl sites for hydroxylation is 2. The standard InChI is InChI=1S/C19H29NO/c1-2-20-19-9-5-8-16(19)12-13-21-18-11-10-15-6-3-4-7-17(15)14-18/h10-11,14,16,19-20H,2-9,12-13H2,1H3. The molecule has 2 heteroatoms. The highest BCUT2D eigenvalue weighted by atomic mass is 16.5. The minimum absolute atomic E-state index is 0.724. The number of hydrogen-bond donors (Lipinski definition) is 1. The lowest BCUT2D eigenvalue weighted by Gasteiger charge is -2.21. The Hall–Kier alpha value is -1.02. The zero-order valence-electron chi connectivity index (χ0n) is 13.4. The van der Waals surface area contributed by atoms with E-state index in [9.17, 15) is 0 Å². The highest BCUT2D eigenvalue weighted by Crippen LogP contribution is 2.29. The van der Waals surface area contributed by atoms with E-state index in [-0.39, 0.29) is 0 Å². The molecule has 2 nitrogen and oxygen atoms in total. The van der Waals surface area contributed by atoms with Crippen LogP contribution in [0.5, 0.6) is 5.75 Å². The monoisotopic (exact) mass is 287 g/mol. The molecule has 0 radical (unpaired) electrons. The second kappa shape index (κ2) is 7.31. The molecule has 0 saturated heterocycles. The highest BCUT2D eigenvalue weighted by molar-refractivity contribution is 5.37. The maximum absolute atomic E-state index is 6.03. The molecule has 0 heterocycles. The van der Waals surface area contributed by atoms with Gasteiger partial charge in [-0.15, -0.1) is 0 Å². The van der Waals surface area contributed by atoms with Gasteiger partial charge in [-0.05, 0) is 80.7 Å². The van der Waals surface area contributed by atoms with E-state index in [2.05, 4.69) is 30.4 Å². The summed E-state index contributed by atoms with van der Waals surface area (Å²) in [6.07, 6.45) is 10.4. The van der Waals surface area contributed by atoms with Gasteiger partial charge in [-0.25, -0.2) is 0 Å². The quantitative estimate of drug-likeness (QED) is 0.850. The third-order valence-corrected chi connectivity index (χ3v) is 5.20. The molecule has 0 bridgehead atoms. The van der Waals surface area contributed by atoms with Gasteiger partial charge in [-0.3, -0.25) is 0 Å². The van der Waals surface area contributed by atoms with Crippen LogP contribution in [0.25, 0.3) is 0 Å². The van der Waals surface area contributed by atoms with Crippen molar-refractivity contribution in [1.29, 1.82) is 0 Å². The van der Waals surface area contributed by atoms with E-state index in [1.807, 2.05) is 0 Å². The van der Waals surface area contributed by atoms with Gasteiger partial charge in [-0.1, -0.05) is 19.4 Å². The third-order valence-electron chi connectivity index (χ3n) is 5.20. The number of fused-ring (bicyclic) bond motifs is 1. The van der Waals surface area contributed by atoms with Crippen molar-refractivity contribution >= 4 is 0 Å². The Bertz CT molecular complexity index is 457. The first-order chi connectivity index (χ1) is 10.4. The van der Waals surface area contributed by atoms with Gasteiger partial charge in [0.25, 0.3) is 0 Å². The van der Waals surface area contributed by atoms with Crippen molar-refractivity contribution in [2.75, 3.05) is 13.2 Å². The van der Waals surface area contributed by atoms with E-state index in [4.69, 9.17) is 4.74 Å². The fourth-order valence-corrected chi connectivity index (χ4v) is 4.04. The smallest absolute Gasteiger partial charge is 0.119 e. The van der Waals surface area contributed by atoms with E-state index < -0.39 is 0 Å². The molecule has 2 atom stereocenters. The van der Waals surface area contributed by atoms with Crippen LogP contribution in [0.3, 0.4) is 0 Å². The van der Waals surface area contributed by atoms with Gasteiger partial charge >= 0.3 is 0 Å². The van der Waals surface area contributed by atoms with E-state index in [0.29, 0.717) is 0 Å². The first-order valence-corrected chi connectivity index (χ1v) is 8.85. The molecule has 116 valence electrons. The summed E-state index contributed by atoms with van der Waals surface area (Å²) in [5.41, 5.74) is 3.06. The number of rotatable bonds is 6. The largest absolute Gasteiger partial charge is 0.494 e. The van der Waals surface area contributed by atoms with Gasteiger partial charge in [0, 0.05) is 6.04 Å². The molecule has 1 aromatic carbocycles. The minimum atomic E-state index is 0.724. The average molecular weight is 287 g/mol. The SMILES string of the molecule is CCNC1CCCC1CCOc1ccc2c(c1)CCCC2. The summed E-state index contributed by atoms with van der Waals surface area (Å²) < 4.78 is 6.03. The van der Waals surface area contributed by atoms with Crippen LogP contribution < -0.4 is 10.1 Å². The molecule has 0 amide bonds. The molecular formula is C19H29NO. The predicted octanol–water partition coefficient (Wildman–Crippen LogP) is 4.11. The van der Waals surface area contributed by atoms with Crippen molar-refractivity contribution < 1.29 is 4.74 Å². The van der Waals surface area contributed by atoms with Crippen LogP contribution in [-0.2, 0) is 12.8 Å². The van der Waals surface area contributed by atoms with E-state index in [1.54, 1.807) is 0 Å². The molecule has 2 unspecified atom stereocenters. The summed E-state index contributed by atoms with van der Waals surface area (Å²) >= 11 is 0. The third kappa shape index (κ3) is 3.79. The zero-order valence-corrected chi connectivity index (χ0v) is 13.4. The second-order valence-electron chi connectivity index (χ2n) is 6.63. The lowest BCUT2D eigenvalue weighted by Crippen LogP contribution is -2.32. The first kappa shape index (κ1) is 14.9. The Balaban J connectivity index is 1.49. The Kier molecular flexibility index (Phi) is 5.18. The van der Waals surface area contributed by atoms with Gasteiger partial charge in [0.15, 0.2) is 0 Å². The molecule has 21 heavy (non-hydrogen) atoms. The van der Waals surface area contributed by atoms with Crippen molar-refractivity contribution in [3.05, 3.63) is 29.3 Å². The van der Waals surface area contributed by atoms with Gasteiger partial charge in [0.05, 0.1) is 6.61 Å². The second-order valence-corrected chi connectivity index (χ2v) is 6.63. The predicted molar refractivity (Wildman–Crippen MR) is 88.0 cm³/mol. The number of benzene rings is 1. The van der Waals surface area contributed by atoms with Gasteiger partial charge in [0.2, 0.25) is 0 Å². The van der Waals surface area contributed by atoms with Crippen LogP contribution in [0.4, 0.5) is 0 Å². The lowest BCUT2D eigenvalue weighted by molar-refractivity contribution is 0.261. The summed E-state index contributed by atoms with van der Waals surface area (Å²) in [5, 5.41) is 3.63. The molecule has 1 N–H and O–H groups in total. The Morgan fingerprint density at radius 1 is 1.10 bits per heavy atom. The lowest BCUT2D eigenvalue weighted by atomic mass is 9.92. The summed E-state index contributed by atoms with van der Waals surface area (Å²) in [5.74, 6) is 1.89. The molecule has 0 spiro atoms. The van der Waals surface area contributed by atoms with Crippen LogP contribution in [0, 0.1) is 5.92 Å². The molecule has 1 saturated carbocycles. The molecule has 1 fully saturated rings. The summed E-state index contributed by atoms with van der Waals surface area (Å²) in [7, 11) is 0. The Labute approximate surface area is 129 Å². The van der Waals surface area contributed by atoms with Crippen molar-refractivity contribution in [2.24, 2.45) is 5.92 Å². The number of ether oxygens (including phenoxy) is 1. The maximum atomic E-state index is 6.03. The normalized spacial score (nSPS) is 24.8. The summed E-state index contributed by atoms with van der Waals surface area (Å²) in [6, 6.07) is 7.45. The van der Waals surface area contributed by atoms with Crippen LogP contribution in [-0.4, -0.2) is 19.2 Å². The summed E-state index contributed by atoms with van der Waals surface area (Å²) in [4.78, 5) is 0. The summed E-state index contributed by atoms with van der Waals surface area (Å²) in [6.45, 7) is 4.16. The van der Waals surface area contributed by atoms with Gasteiger partial charge < -0.3 is 10.1 Å². The topological polar surface area (TPSA) is 21.3 Å². The first-order valence-electron chi connectivity index (χ1n) is 8.85. The van der Waals surface area contributed by atoms with E-state index >= 15 is 0 Å². The van der Waals surface area contributed by atoms with Crippen molar-refractivity contribution in [2.45, 2.75) is 64.3 Å². The molecule has 0 aromatic heterocycles. The van der Waals surface area contributed by atoms with Gasteiger partial charge in [-0.2, -0.15) is 0 Å². The van der Waals surface area contributed by atoms with Crippen LogP contribution >= 0.6 is 0 Å². The maximum Gasteiger partial charge on any atom is 0.119 e. The van der Waals surface area contributed by atoms with E-state index in [0.717, 1.165) is 30.9 Å². The molecule has 0 aliphatic heterocycles. The molecule has 1 aromatic rings. The average Bonchev–Trinajstić information content (AvgIpc) is 2.95. The van der Waals surface area contributed by atoms with Crippen molar-refractivity contribution in [1.82, 2.24) is 5.32 Å². The Morgan fingerprint density at radius 2 is 1.95 bits per heavy atom. The molecule has 2 aliphatic rings. The number of nitrogens with one attached hydrogen (secondary N) is 1. The fourth-order valence-electron chi connectivity index (χ4n) is 4.04. The van der Waals surface area contributed by atoms with E-state index in [1.165, 1.54) is 62.5 Å². The van der Waals surface area contributed by atoms with Crippen molar-refractivity contribution in [3.8, 4) is 5.75 Å². The van der Waals surface area contributed by atoms with Crippen LogP contribution in [0.2, 0.25) is 0 Å².